The first-order valence-electron chi connectivity index (χ1n) is 8.49. The molecule has 134 valence electrons. The molecule has 0 spiro atoms. The van der Waals surface area contributed by atoms with Crippen molar-refractivity contribution < 1.29 is 18.5 Å². The molecular formula is C17H28N3O3S+. The summed E-state index contributed by atoms with van der Waals surface area (Å²) in [6, 6.07) is 6.70. The van der Waals surface area contributed by atoms with Crippen LogP contribution in [-0.2, 0) is 14.8 Å². The standard InChI is InChI=1S/C17H27N3O3S/c1-13(18-14-8-5-4-6-9-14)17(21)19-15-10-7-11-16(12-15)24(22,23)20(2)3/h7,10-14,18H,4-6,8-9H2,1-3H3,(H,19,21)/p+1/t13-/m1/s1. The summed E-state index contributed by atoms with van der Waals surface area (Å²) in [5, 5.41) is 4.96. The van der Waals surface area contributed by atoms with E-state index in [0.717, 1.165) is 17.1 Å². The fraction of sp³-hybridized carbons (Fsp3) is 0.588. The second-order valence-corrected chi connectivity index (χ2v) is 8.84. The number of quaternary nitrogens is 1. The molecule has 1 fully saturated rings. The van der Waals surface area contributed by atoms with Gasteiger partial charge in [0.1, 0.15) is 0 Å². The van der Waals surface area contributed by atoms with Gasteiger partial charge in [0.05, 0.1) is 10.9 Å². The summed E-state index contributed by atoms with van der Waals surface area (Å²) >= 11 is 0. The average molecular weight is 354 g/mol. The Morgan fingerprint density at radius 3 is 2.54 bits per heavy atom. The smallest absolute Gasteiger partial charge is 0.282 e. The zero-order valence-electron chi connectivity index (χ0n) is 14.7. The Bertz CT molecular complexity index is 667. The topological polar surface area (TPSA) is 83.1 Å². The molecule has 1 aliphatic rings. The van der Waals surface area contributed by atoms with Gasteiger partial charge in [0.2, 0.25) is 10.0 Å². The summed E-state index contributed by atoms with van der Waals surface area (Å²) in [6.07, 6.45) is 6.08. The molecule has 0 radical (unpaired) electrons. The van der Waals surface area contributed by atoms with Gasteiger partial charge < -0.3 is 10.6 Å². The number of rotatable bonds is 6. The van der Waals surface area contributed by atoms with Crippen LogP contribution < -0.4 is 10.6 Å². The molecule has 1 aliphatic carbocycles. The molecule has 3 N–H and O–H groups in total. The number of carbonyl (C=O) groups excluding carboxylic acids is 1. The van der Waals surface area contributed by atoms with Crippen LogP contribution in [-0.4, -0.2) is 44.8 Å². The second-order valence-electron chi connectivity index (χ2n) is 6.68. The normalized spacial score (nSPS) is 17.7. The molecule has 1 aromatic carbocycles. The van der Waals surface area contributed by atoms with Crippen molar-refractivity contribution in [2.24, 2.45) is 0 Å². The Morgan fingerprint density at radius 2 is 1.92 bits per heavy atom. The average Bonchev–Trinajstić information content (AvgIpc) is 2.55. The number of sulfonamides is 1. The third-order valence-electron chi connectivity index (χ3n) is 4.50. The van der Waals surface area contributed by atoms with Crippen molar-refractivity contribution in [1.29, 1.82) is 0 Å². The predicted molar refractivity (Wildman–Crippen MR) is 94.2 cm³/mol. The Hall–Kier alpha value is -1.44. The number of nitrogens with zero attached hydrogens (tertiary/aromatic N) is 1. The lowest BCUT2D eigenvalue weighted by Crippen LogP contribution is -2.96. The fourth-order valence-electron chi connectivity index (χ4n) is 3.02. The van der Waals surface area contributed by atoms with Crippen molar-refractivity contribution in [3.8, 4) is 0 Å². The minimum atomic E-state index is -3.50. The summed E-state index contributed by atoms with van der Waals surface area (Å²) in [5.41, 5.74) is 0.506. The molecule has 0 heterocycles. The Labute approximate surface area is 144 Å². The summed E-state index contributed by atoms with van der Waals surface area (Å²) in [7, 11) is -0.528. The van der Waals surface area contributed by atoms with Crippen LogP contribution in [0.2, 0.25) is 0 Å². The number of nitrogens with two attached hydrogens (primary N) is 1. The van der Waals surface area contributed by atoms with Gasteiger partial charge in [-0.15, -0.1) is 0 Å². The fourth-order valence-corrected chi connectivity index (χ4v) is 3.97. The Kier molecular flexibility index (Phi) is 6.37. The summed E-state index contributed by atoms with van der Waals surface area (Å²) < 4.78 is 25.5. The molecule has 0 bridgehead atoms. The van der Waals surface area contributed by atoms with Gasteiger partial charge in [0, 0.05) is 19.8 Å². The van der Waals surface area contributed by atoms with E-state index < -0.39 is 10.0 Å². The zero-order valence-corrected chi connectivity index (χ0v) is 15.5. The maximum atomic E-state index is 12.4. The maximum absolute atomic E-state index is 12.4. The van der Waals surface area contributed by atoms with Crippen LogP contribution in [0, 0.1) is 0 Å². The number of hydrogen-bond acceptors (Lipinski definition) is 3. The van der Waals surface area contributed by atoms with Gasteiger partial charge in [-0.1, -0.05) is 12.5 Å². The third kappa shape index (κ3) is 4.78. The quantitative estimate of drug-likeness (QED) is 0.804. The maximum Gasteiger partial charge on any atom is 0.282 e. The first kappa shape index (κ1) is 18.9. The van der Waals surface area contributed by atoms with E-state index in [2.05, 4.69) is 10.6 Å². The zero-order chi connectivity index (χ0) is 17.7. The van der Waals surface area contributed by atoms with Crippen LogP contribution in [0.15, 0.2) is 29.2 Å². The molecule has 0 saturated heterocycles. The highest BCUT2D eigenvalue weighted by atomic mass is 32.2. The molecule has 0 unspecified atom stereocenters. The van der Waals surface area contributed by atoms with Crippen molar-refractivity contribution >= 4 is 21.6 Å². The first-order chi connectivity index (χ1) is 11.3. The summed E-state index contributed by atoms with van der Waals surface area (Å²) in [5.74, 6) is -0.0972. The number of carbonyl (C=O) groups is 1. The number of nitrogens with one attached hydrogen (secondary N) is 1. The number of hydrogen-bond donors (Lipinski definition) is 2. The molecule has 0 aliphatic heterocycles. The molecule has 1 amide bonds. The first-order valence-corrected chi connectivity index (χ1v) is 9.93. The van der Waals surface area contributed by atoms with Crippen LogP contribution in [0.5, 0.6) is 0 Å². The minimum absolute atomic E-state index is 0.0972. The van der Waals surface area contributed by atoms with E-state index in [-0.39, 0.29) is 16.8 Å². The van der Waals surface area contributed by atoms with Crippen molar-refractivity contribution in [1.82, 2.24) is 4.31 Å². The number of anilines is 1. The largest absolute Gasteiger partial charge is 0.334 e. The van der Waals surface area contributed by atoms with Gasteiger partial charge in [0.25, 0.3) is 5.91 Å². The van der Waals surface area contributed by atoms with E-state index in [9.17, 15) is 13.2 Å². The van der Waals surface area contributed by atoms with Gasteiger partial charge in [-0.2, -0.15) is 0 Å². The van der Waals surface area contributed by atoms with Crippen LogP contribution in [0.25, 0.3) is 0 Å². The lowest BCUT2D eigenvalue weighted by molar-refractivity contribution is -0.708. The predicted octanol–water partition coefficient (Wildman–Crippen LogP) is 1.16. The molecule has 2 rings (SSSR count). The molecule has 1 aromatic rings. The summed E-state index contributed by atoms with van der Waals surface area (Å²) in [4.78, 5) is 12.6. The minimum Gasteiger partial charge on any atom is -0.334 e. The lowest BCUT2D eigenvalue weighted by Gasteiger charge is -2.23. The van der Waals surface area contributed by atoms with E-state index in [1.54, 1.807) is 12.1 Å². The number of benzene rings is 1. The molecule has 1 atom stereocenters. The van der Waals surface area contributed by atoms with E-state index in [0.29, 0.717) is 11.7 Å². The van der Waals surface area contributed by atoms with Crippen molar-refractivity contribution in [3.05, 3.63) is 24.3 Å². The number of amides is 1. The summed E-state index contributed by atoms with van der Waals surface area (Å²) in [6.45, 7) is 1.89. The molecule has 6 nitrogen and oxygen atoms in total. The highest BCUT2D eigenvalue weighted by Gasteiger charge is 2.24. The van der Waals surface area contributed by atoms with Crippen LogP contribution in [0.1, 0.15) is 39.0 Å². The van der Waals surface area contributed by atoms with Gasteiger partial charge in [-0.25, -0.2) is 12.7 Å². The lowest BCUT2D eigenvalue weighted by atomic mass is 9.95. The molecule has 24 heavy (non-hydrogen) atoms. The Balaban J connectivity index is 2.01. The van der Waals surface area contributed by atoms with Crippen molar-refractivity contribution in [3.63, 3.8) is 0 Å². The van der Waals surface area contributed by atoms with Gasteiger partial charge in [0.15, 0.2) is 6.04 Å². The second kappa shape index (κ2) is 8.09. The monoisotopic (exact) mass is 354 g/mol. The van der Waals surface area contributed by atoms with Crippen LogP contribution >= 0.6 is 0 Å². The molecule has 0 aromatic heterocycles. The molecule has 7 heteroatoms. The third-order valence-corrected chi connectivity index (χ3v) is 6.32. The van der Waals surface area contributed by atoms with E-state index >= 15 is 0 Å². The van der Waals surface area contributed by atoms with Crippen molar-refractivity contribution in [2.75, 3.05) is 19.4 Å². The van der Waals surface area contributed by atoms with Gasteiger partial charge in [-0.05, 0) is 50.8 Å². The van der Waals surface area contributed by atoms with Gasteiger partial charge >= 0.3 is 0 Å². The van der Waals surface area contributed by atoms with E-state index in [1.165, 1.54) is 45.5 Å². The Morgan fingerprint density at radius 1 is 1.25 bits per heavy atom. The highest BCUT2D eigenvalue weighted by Crippen LogP contribution is 2.18. The van der Waals surface area contributed by atoms with E-state index in [4.69, 9.17) is 0 Å². The van der Waals surface area contributed by atoms with Crippen LogP contribution in [0.4, 0.5) is 5.69 Å². The highest BCUT2D eigenvalue weighted by molar-refractivity contribution is 7.89. The van der Waals surface area contributed by atoms with Crippen LogP contribution in [0.3, 0.4) is 0 Å². The molecular weight excluding hydrogens is 326 g/mol. The molecule has 1 saturated carbocycles. The SMILES string of the molecule is C[C@@H]([NH2+]C1CCCCC1)C(=O)Nc1cccc(S(=O)(=O)N(C)C)c1. The van der Waals surface area contributed by atoms with Gasteiger partial charge in [-0.3, -0.25) is 4.79 Å². The van der Waals surface area contributed by atoms with E-state index in [1.807, 2.05) is 6.92 Å². The van der Waals surface area contributed by atoms with Crippen molar-refractivity contribution in [2.45, 2.75) is 56.0 Å².